The number of thioether (sulfide) groups is 1. The number of hydrogen-bond acceptors (Lipinski definition) is 4. The van der Waals surface area contributed by atoms with Gasteiger partial charge in [0.1, 0.15) is 10.8 Å². The standard InChI is InChI=1S/C17H16ClFN2OS/c18-11-6-5-10(15(19)7-11)9-23-17-13-4-2-1-3-12(13)14(8-20)16(22)21-17/h5-8,20H,1-4,9H2,(H,21,22). The first-order chi connectivity index (χ1) is 11.1. The van der Waals surface area contributed by atoms with Gasteiger partial charge in [-0.25, -0.2) is 9.37 Å². The average Bonchev–Trinajstić information content (AvgIpc) is 2.54. The Morgan fingerprint density at radius 3 is 2.74 bits per heavy atom. The van der Waals surface area contributed by atoms with Gasteiger partial charge in [0.05, 0.1) is 5.56 Å². The molecule has 1 heterocycles. The quantitative estimate of drug-likeness (QED) is 0.618. The number of aromatic hydroxyl groups is 1. The van der Waals surface area contributed by atoms with Gasteiger partial charge >= 0.3 is 0 Å². The molecule has 6 heteroatoms. The zero-order valence-electron chi connectivity index (χ0n) is 12.4. The Kier molecular flexibility index (Phi) is 4.87. The number of benzene rings is 1. The normalized spacial score (nSPS) is 13.7. The van der Waals surface area contributed by atoms with Gasteiger partial charge in [0.2, 0.25) is 5.88 Å². The number of aromatic nitrogens is 1. The summed E-state index contributed by atoms with van der Waals surface area (Å²) in [6, 6.07) is 4.64. The van der Waals surface area contributed by atoms with Crippen LogP contribution in [-0.4, -0.2) is 16.3 Å². The summed E-state index contributed by atoms with van der Waals surface area (Å²) < 4.78 is 13.9. The predicted molar refractivity (Wildman–Crippen MR) is 91.4 cm³/mol. The lowest BCUT2D eigenvalue weighted by Gasteiger charge is -2.21. The SMILES string of the molecule is N=Cc1c(O)nc(SCc2ccc(Cl)cc2F)c2c1CCCC2. The van der Waals surface area contributed by atoms with Crippen LogP contribution in [0.4, 0.5) is 4.39 Å². The molecule has 1 aliphatic rings. The number of pyridine rings is 1. The van der Waals surface area contributed by atoms with E-state index in [2.05, 4.69) is 4.98 Å². The van der Waals surface area contributed by atoms with E-state index in [1.165, 1.54) is 24.0 Å². The highest BCUT2D eigenvalue weighted by molar-refractivity contribution is 7.98. The Morgan fingerprint density at radius 2 is 2.04 bits per heavy atom. The summed E-state index contributed by atoms with van der Waals surface area (Å²) in [6.07, 6.45) is 5.01. The zero-order chi connectivity index (χ0) is 16.4. The fourth-order valence-electron chi connectivity index (χ4n) is 2.85. The second-order valence-corrected chi connectivity index (χ2v) is 6.89. The van der Waals surface area contributed by atoms with Crippen molar-refractivity contribution < 1.29 is 9.50 Å². The molecule has 120 valence electrons. The first-order valence-corrected chi connectivity index (χ1v) is 8.78. The van der Waals surface area contributed by atoms with Crippen LogP contribution < -0.4 is 0 Å². The van der Waals surface area contributed by atoms with Crippen molar-refractivity contribution in [3.63, 3.8) is 0 Å². The second-order valence-electron chi connectivity index (χ2n) is 5.49. The van der Waals surface area contributed by atoms with Crippen molar-refractivity contribution in [2.45, 2.75) is 36.5 Å². The summed E-state index contributed by atoms with van der Waals surface area (Å²) in [6.45, 7) is 0. The number of nitrogens with one attached hydrogen (secondary N) is 1. The third-order valence-electron chi connectivity index (χ3n) is 4.02. The molecule has 0 fully saturated rings. The fourth-order valence-corrected chi connectivity index (χ4v) is 4.09. The molecule has 0 saturated heterocycles. The minimum Gasteiger partial charge on any atom is -0.493 e. The van der Waals surface area contributed by atoms with Gasteiger partial charge in [0.15, 0.2) is 0 Å². The summed E-state index contributed by atoms with van der Waals surface area (Å²) in [4.78, 5) is 4.24. The van der Waals surface area contributed by atoms with E-state index in [9.17, 15) is 9.50 Å². The molecule has 3 nitrogen and oxygen atoms in total. The highest BCUT2D eigenvalue weighted by atomic mass is 35.5. The minimum absolute atomic E-state index is 0.111. The van der Waals surface area contributed by atoms with Gasteiger partial charge in [-0.05, 0) is 54.5 Å². The minimum atomic E-state index is -0.334. The zero-order valence-corrected chi connectivity index (χ0v) is 14.0. The first-order valence-electron chi connectivity index (χ1n) is 7.42. The van der Waals surface area contributed by atoms with Crippen molar-refractivity contribution in [1.29, 1.82) is 5.41 Å². The monoisotopic (exact) mass is 350 g/mol. The van der Waals surface area contributed by atoms with E-state index in [0.717, 1.165) is 41.8 Å². The van der Waals surface area contributed by atoms with Gasteiger partial charge < -0.3 is 10.5 Å². The van der Waals surface area contributed by atoms with Crippen LogP contribution in [0.1, 0.15) is 35.1 Å². The van der Waals surface area contributed by atoms with Crippen molar-refractivity contribution in [2.24, 2.45) is 0 Å². The molecular weight excluding hydrogens is 335 g/mol. The predicted octanol–water partition coefficient (Wildman–Crippen LogP) is 4.75. The van der Waals surface area contributed by atoms with Crippen LogP contribution in [0, 0.1) is 11.2 Å². The Hall–Kier alpha value is -1.59. The lowest BCUT2D eigenvalue weighted by atomic mass is 9.90. The fraction of sp³-hybridized carbons (Fsp3) is 0.294. The van der Waals surface area contributed by atoms with Crippen LogP contribution in [-0.2, 0) is 18.6 Å². The summed E-state index contributed by atoms with van der Waals surface area (Å²) in [5, 5.41) is 18.7. The molecule has 0 amide bonds. The molecule has 2 aromatic rings. The van der Waals surface area contributed by atoms with E-state index in [0.29, 0.717) is 21.9 Å². The first kappa shape index (κ1) is 16.3. The van der Waals surface area contributed by atoms with Gasteiger partial charge in [-0.1, -0.05) is 17.7 Å². The Balaban J connectivity index is 1.91. The van der Waals surface area contributed by atoms with E-state index >= 15 is 0 Å². The van der Waals surface area contributed by atoms with Gasteiger partial charge in [0.25, 0.3) is 0 Å². The molecule has 1 aromatic carbocycles. The summed E-state index contributed by atoms with van der Waals surface area (Å²) in [5.74, 6) is -0.0230. The molecule has 0 radical (unpaired) electrons. The number of fused-ring (bicyclic) bond motifs is 1. The topological polar surface area (TPSA) is 57.0 Å². The van der Waals surface area contributed by atoms with Crippen molar-refractivity contribution in [3.05, 3.63) is 51.3 Å². The molecule has 0 unspecified atom stereocenters. The highest BCUT2D eigenvalue weighted by Crippen LogP contribution is 2.36. The maximum absolute atomic E-state index is 13.9. The van der Waals surface area contributed by atoms with E-state index in [1.807, 2.05) is 0 Å². The van der Waals surface area contributed by atoms with Crippen LogP contribution in [0.2, 0.25) is 5.02 Å². The third-order valence-corrected chi connectivity index (χ3v) is 5.32. The van der Waals surface area contributed by atoms with E-state index < -0.39 is 0 Å². The maximum Gasteiger partial charge on any atom is 0.221 e. The highest BCUT2D eigenvalue weighted by Gasteiger charge is 2.21. The second kappa shape index (κ2) is 6.89. The van der Waals surface area contributed by atoms with Crippen LogP contribution in [0.25, 0.3) is 0 Å². The van der Waals surface area contributed by atoms with Crippen LogP contribution >= 0.6 is 23.4 Å². The Labute approximate surface area is 143 Å². The van der Waals surface area contributed by atoms with Gasteiger partial charge in [0, 0.05) is 17.0 Å². The van der Waals surface area contributed by atoms with Crippen molar-refractivity contribution in [3.8, 4) is 5.88 Å². The summed E-state index contributed by atoms with van der Waals surface area (Å²) >= 11 is 7.18. The molecule has 2 N–H and O–H groups in total. The number of rotatable bonds is 4. The van der Waals surface area contributed by atoms with Crippen molar-refractivity contribution in [2.75, 3.05) is 0 Å². The largest absolute Gasteiger partial charge is 0.493 e. The third kappa shape index (κ3) is 3.35. The molecule has 1 aromatic heterocycles. The molecule has 0 saturated carbocycles. The van der Waals surface area contributed by atoms with Crippen LogP contribution in [0.3, 0.4) is 0 Å². The summed E-state index contributed by atoms with van der Waals surface area (Å²) in [7, 11) is 0. The van der Waals surface area contributed by atoms with Crippen molar-refractivity contribution >= 4 is 29.6 Å². The molecule has 0 atom stereocenters. The van der Waals surface area contributed by atoms with Crippen molar-refractivity contribution in [1.82, 2.24) is 4.98 Å². The molecule has 3 rings (SSSR count). The Morgan fingerprint density at radius 1 is 1.30 bits per heavy atom. The molecule has 1 aliphatic carbocycles. The smallest absolute Gasteiger partial charge is 0.221 e. The van der Waals surface area contributed by atoms with Gasteiger partial charge in [-0.3, -0.25) is 0 Å². The molecule has 0 spiro atoms. The Bertz CT molecular complexity index is 767. The van der Waals surface area contributed by atoms with E-state index in [1.54, 1.807) is 12.1 Å². The molecule has 0 bridgehead atoms. The van der Waals surface area contributed by atoms with Crippen LogP contribution in [0.15, 0.2) is 23.2 Å². The lowest BCUT2D eigenvalue weighted by Crippen LogP contribution is -2.10. The van der Waals surface area contributed by atoms with Gasteiger partial charge in [-0.15, -0.1) is 11.8 Å². The maximum atomic E-state index is 13.9. The summed E-state index contributed by atoms with van der Waals surface area (Å²) in [5.41, 5.74) is 3.17. The molecular formula is C17H16ClFN2OS. The number of nitrogens with zero attached hydrogens (tertiary/aromatic N) is 1. The average molecular weight is 351 g/mol. The molecule has 0 aliphatic heterocycles. The van der Waals surface area contributed by atoms with E-state index in [4.69, 9.17) is 17.0 Å². The number of hydrogen-bond donors (Lipinski definition) is 2. The van der Waals surface area contributed by atoms with Gasteiger partial charge in [-0.2, -0.15) is 0 Å². The van der Waals surface area contributed by atoms with E-state index in [-0.39, 0.29) is 11.7 Å². The lowest BCUT2D eigenvalue weighted by molar-refractivity contribution is 0.443. The molecule has 23 heavy (non-hydrogen) atoms. The van der Waals surface area contributed by atoms with Crippen LogP contribution in [0.5, 0.6) is 5.88 Å². The number of halogens is 2.